The van der Waals surface area contributed by atoms with Crippen molar-refractivity contribution in [3.05, 3.63) is 170 Å². The molecular formula is C70H108O6. The maximum absolute atomic E-state index is 12.9. The monoisotopic (exact) mass is 1040 g/mol. The van der Waals surface area contributed by atoms with Crippen LogP contribution in [0.3, 0.4) is 0 Å². The van der Waals surface area contributed by atoms with Gasteiger partial charge in [-0.25, -0.2) is 0 Å². The Morgan fingerprint density at radius 1 is 0.276 bits per heavy atom. The van der Waals surface area contributed by atoms with Crippen LogP contribution in [0.5, 0.6) is 0 Å². The Hall–Kier alpha value is -5.23. The van der Waals surface area contributed by atoms with Gasteiger partial charge in [-0.1, -0.05) is 242 Å². The molecule has 0 N–H and O–H groups in total. The van der Waals surface area contributed by atoms with Crippen LogP contribution in [0.4, 0.5) is 0 Å². The molecule has 1 atom stereocenters. The number of ether oxygens (including phenoxy) is 3. The van der Waals surface area contributed by atoms with E-state index in [1.54, 1.807) is 0 Å². The first-order valence-electron chi connectivity index (χ1n) is 30.1. The minimum Gasteiger partial charge on any atom is -0.462 e. The molecule has 424 valence electrons. The summed E-state index contributed by atoms with van der Waals surface area (Å²) < 4.78 is 16.8. The molecule has 0 rings (SSSR count). The molecule has 0 aromatic rings. The molecule has 0 aliphatic carbocycles. The third-order valence-electron chi connectivity index (χ3n) is 11.9. The van der Waals surface area contributed by atoms with Crippen molar-refractivity contribution in [3.8, 4) is 0 Å². The third kappa shape index (κ3) is 59.6. The predicted molar refractivity (Wildman–Crippen MR) is 329 cm³/mol. The van der Waals surface area contributed by atoms with E-state index >= 15 is 0 Å². The summed E-state index contributed by atoms with van der Waals surface area (Å²) in [4.78, 5) is 38.1. The van der Waals surface area contributed by atoms with Crippen molar-refractivity contribution in [2.24, 2.45) is 0 Å². The molecule has 1 unspecified atom stereocenters. The molecule has 0 aromatic carbocycles. The molecule has 0 saturated carbocycles. The van der Waals surface area contributed by atoms with E-state index in [1.807, 2.05) is 12.2 Å². The predicted octanol–water partition coefficient (Wildman–Crippen LogP) is 20.7. The minimum absolute atomic E-state index is 0.127. The molecule has 0 aliphatic rings. The Morgan fingerprint density at radius 3 is 0.882 bits per heavy atom. The lowest BCUT2D eigenvalue weighted by atomic mass is 10.1. The lowest BCUT2D eigenvalue weighted by Crippen LogP contribution is -2.30. The first-order chi connectivity index (χ1) is 37.5. The Labute approximate surface area is 466 Å². The van der Waals surface area contributed by atoms with Gasteiger partial charge in [-0.3, -0.25) is 14.4 Å². The summed E-state index contributed by atoms with van der Waals surface area (Å²) in [5.41, 5.74) is 0. The van der Waals surface area contributed by atoms with Crippen LogP contribution in [0.1, 0.15) is 233 Å². The van der Waals surface area contributed by atoms with Gasteiger partial charge in [0.1, 0.15) is 13.2 Å². The topological polar surface area (TPSA) is 78.9 Å². The fraction of sp³-hybridized carbons (Fsp3) is 0.557. The largest absolute Gasteiger partial charge is 0.462 e. The van der Waals surface area contributed by atoms with E-state index < -0.39 is 6.10 Å². The summed E-state index contributed by atoms with van der Waals surface area (Å²) in [6.07, 6.45) is 92.2. The molecule has 0 radical (unpaired) electrons. The number of hydrogen-bond donors (Lipinski definition) is 0. The lowest BCUT2D eigenvalue weighted by molar-refractivity contribution is -0.166. The Bertz CT molecular complexity index is 1770. The van der Waals surface area contributed by atoms with Gasteiger partial charge in [0, 0.05) is 19.3 Å². The van der Waals surface area contributed by atoms with E-state index in [0.717, 1.165) is 154 Å². The van der Waals surface area contributed by atoms with Gasteiger partial charge in [0.25, 0.3) is 0 Å². The maximum atomic E-state index is 12.9. The van der Waals surface area contributed by atoms with E-state index in [9.17, 15) is 14.4 Å². The molecule has 76 heavy (non-hydrogen) atoms. The fourth-order valence-corrected chi connectivity index (χ4v) is 7.50. The van der Waals surface area contributed by atoms with Crippen LogP contribution in [0.2, 0.25) is 0 Å². The van der Waals surface area contributed by atoms with Crippen LogP contribution in [-0.2, 0) is 28.6 Å². The lowest BCUT2D eigenvalue weighted by Gasteiger charge is -2.18. The number of esters is 3. The smallest absolute Gasteiger partial charge is 0.306 e. The van der Waals surface area contributed by atoms with Crippen LogP contribution in [0.25, 0.3) is 0 Å². The van der Waals surface area contributed by atoms with Crippen molar-refractivity contribution < 1.29 is 28.6 Å². The van der Waals surface area contributed by atoms with Crippen molar-refractivity contribution in [1.29, 1.82) is 0 Å². The first kappa shape index (κ1) is 70.8. The highest BCUT2D eigenvalue weighted by Gasteiger charge is 2.19. The standard InChI is InChI=1S/C70H108O6/c1-4-7-10-13-16-19-22-25-27-29-30-31-32-33-34-35-36-37-38-39-40-41-43-45-48-51-54-57-60-63-69(72)75-66-67(65-74-68(71)62-59-56-53-50-47-44-24-21-18-15-12-9-6-3)76-70(73)64-61-58-55-52-49-46-42-28-26-23-20-17-14-11-8-5-2/h7,9-10,12,16,18-21,23,25,27-28,30-31,33-34,36-37,39-40,42-45,47,53,56,67H,4-6,8,11,13-15,17,22,24,26,29,32,35,38,41,46,48-52,54-55,57-66H2,1-3H3/b10-7-,12-9-,19-16-,21-18-,23-20-,27-25-,31-30-,34-33-,37-36-,40-39-,42-28-,45-43-,47-44-,56-53-. The molecule has 6 heteroatoms. The van der Waals surface area contributed by atoms with Crippen LogP contribution >= 0.6 is 0 Å². The molecule has 0 spiro atoms. The molecule has 6 nitrogen and oxygen atoms in total. The van der Waals surface area contributed by atoms with E-state index in [2.05, 4.69) is 179 Å². The summed E-state index contributed by atoms with van der Waals surface area (Å²) in [6, 6.07) is 0. The first-order valence-corrected chi connectivity index (χ1v) is 30.1. The maximum Gasteiger partial charge on any atom is 0.306 e. The summed E-state index contributed by atoms with van der Waals surface area (Å²) in [5, 5.41) is 0. The summed E-state index contributed by atoms with van der Waals surface area (Å²) >= 11 is 0. The van der Waals surface area contributed by atoms with Crippen molar-refractivity contribution in [2.45, 2.75) is 239 Å². The highest BCUT2D eigenvalue weighted by molar-refractivity contribution is 5.71. The van der Waals surface area contributed by atoms with Crippen molar-refractivity contribution in [2.75, 3.05) is 13.2 Å². The molecule has 0 bridgehead atoms. The third-order valence-corrected chi connectivity index (χ3v) is 11.9. The van der Waals surface area contributed by atoms with Gasteiger partial charge < -0.3 is 14.2 Å². The second kappa shape index (κ2) is 62.3. The number of allylic oxidation sites excluding steroid dienone is 28. The van der Waals surface area contributed by atoms with Crippen molar-refractivity contribution >= 4 is 17.9 Å². The summed E-state index contributed by atoms with van der Waals surface area (Å²) in [5.74, 6) is -1.06. The van der Waals surface area contributed by atoms with Gasteiger partial charge >= 0.3 is 17.9 Å². The average molecular weight is 1050 g/mol. The number of carbonyl (C=O) groups is 3. The van der Waals surface area contributed by atoms with Gasteiger partial charge in [-0.05, 0) is 141 Å². The molecule has 0 amide bonds. The van der Waals surface area contributed by atoms with Crippen LogP contribution in [0, 0.1) is 0 Å². The number of carbonyl (C=O) groups excluding carboxylic acids is 3. The van der Waals surface area contributed by atoms with Gasteiger partial charge in [0.05, 0.1) is 0 Å². The quantitative estimate of drug-likeness (QED) is 0.0261. The zero-order valence-electron chi connectivity index (χ0n) is 48.4. The van der Waals surface area contributed by atoms with E-state index in [4.69, 9.17) is 14.2 Å². The molecule has 0 fully saturated rings. The number of rotatable bonds is 52. The van der Waals surface area contributed by atoms with Gasteiger partial charge in [0.2, 0.25) is 0 Å². The summed E-state index contributed by atoms with van der Waals surface area (Å²) in [6.45, 7) is 6.27. The number of hydrogen-bond acceptors (Lipinski definition) is 6. The molecular weight excluding hydrogens is 937 g/mol. The Kier molecular flexibility index (Phi) is 58.0. The van der Waals surface area contributed by atoms with E-state index in [-0.39, 0.29) is 44.0 Å². The van der Waals surface area contributed by atoms with Gasteiger partial charge in [0.15, 0.2) is 6.10 Å². The molecule has 0 aromatic heterocycles. The van der Waals surface area contributed by atoms with Crippen molar-refractivity contribution in [1.82, 2.24) is 0 Å². The second-order valence-electron chi connectivity index (χ2n) is 19.1. The minimum atomic E-state index is -0.834. The van der Waals surface area contributed by atoms with Gasteiger partial charge in [-0.15, -0.1) is 0 Å². The van der Waals surface area contributed by atoms with Crippen LogP contribution in [-0.4, -0.2) is 37.2 Å². The van der Waals surface area contributed by atoms with Crippen LogP contribution in [0.15, 0.2) is 170 Å². The Balaban J connectivity index is 4.47. The summed E-state index contributed by atoms with van der Waals surface area (Å²) in [7, 11) is 0. The molecule has 0 heterocycles. The fourth-order valence-electron chi connectivity index (χ4n) is 7.50. The molecule has 0 saturated heterocycles. The zero-order valence-corrected chi connectivity index (χ0v) is 48.4. The molecule has 0 aliphatic heterocycles. The van der Waals surface area contributed by atoms with Crippen molar-refractivity contribution in [3.63, 3.8) is 0 Å². The zero-order chi connectivity index (χ0) is 55.0. The Morgan fingerprint density at radius 2 is 0.539 bits per heavy atom. The van der Waals surface area contributed by atoms with Crippen LogP contribution < -0.4 is 0 Å². The van der Waals surface area contributed by atoms with Gasteiger partial charge in [-0.2, -0.15) is 0 Å². The van der Waals surface area contributed by atoms with E-state index in [1.165, 1.54) is 32.1 Å². The highest BCUT2D eigenvalue weighted by atomic mass is 16.6. The number of unbranched alkanes of at least 4 members (excludes halogenated alkanes) is 13. The normalized spacial score (nSPS) is 13.4. The second-order valence-corrected chi connectivity index (χ2v) is 19.1. The van der Waals surface area contributed by atoms with E-state index in [0.29, 0.717) is 12.8 Å². The average Bonchev–Trinajstić information content (AvgIpc) is 3.42. The SMILES string of the molecule is CC/C=C\C/C=C\C/C=C\C/C=C\C/C=C\C/C=C\C/C=C\C/C=C\CCCCCCC(=O)OCC(COC(=O)CC/C=C\C/C=C\C/C=C\C/C=C\CC)OC(=O)CCCCCCC/C=C\C/C=C\CCCCCC. The highest BCUT2D eigenvalue weighted by Crippen LogP contribution is 2.12.